The Kier molecular flexibility index (Phi) is 4.89. The SMILES string of the molecule is CCCc1cc(Oc2ccc(Cl)cc2Cl)ccc1C#N. The average molecular weight is 306 g/mol. The lowest BCUT2D eigenvalue weighted by Crippen LogP contribution is -1.92. The number of aryl methyl sites for hydroxylation is 1. The van der Waals surface area contributed by atoms with Crippen molar-refractivity contribution in [3.05, 3.63) is 57.6 Å². The Labute approximate surface area is 128 Å². The van der Waals surface area contributed by atoms with Gasteiger partial charge in [0.15, 0.2) is 0 Å². The molecule has 0 N–H and O–H groups in total. The van der Waals surface area contributed by atoms with E-state index in [0.717, 1.165) is 18.4 Å². The van der Waals surface area contributed by atoms with Crippen LogP contribution in [0.2, 0.25) is 10.0 Å². The first-order valence-corrected chi connectivity index (χ1v) is 7.05. The zero-order valence-corrected chi connectivity index (χ0v) is 12.5. The first-order valence-electron chi connectivity index (χ1n) is 6.30. The molecule has 0 bridgehead atoms. The van der Waals surface area contributed by atoms with Crippen molar-refractivity contribution in [2.24, 2.45) is 0 Å². The molecule has 0 saturated heterocycles. The van der Waals surface area contributed by atoms with Crippen LogP contribution < -0.4 is 4.74 Å². The van der Waals surface area contributed by atoms with Crippen LogP contribution in [-0.2, 0) is 6.42 Å². The van der Waals surface area contributed by atoms with Gasteiger partial charge in [0.05, 0.1) is 16.7 Å². The second-order valence-corrected chi connectivity index (χ2v) is 5.20. The smallest absolute Gasteiger partial charge is 0.146 e. The van der Waals surface area contributed by atoms with Crippen molar-refractivity contribution in [3.63, 3.8) is 0 Å². The second kappa shape index (κ2) is 6.65. The Balaban J connectivity index is 2.29. The fourth-order valence-corrected chi connectivity index (χ4v) is 2.35. The highest BCUT2D eigenvalue weighted by molar-refractivity contribution is 6.35. The van der Waals surface area contributed by atoms with Gasteiger partial charge in [-0.3, -0.25) is 0 Å². The van der Waals surface area contributed by atoms with Crippen molar-refractivity contribution in [2.45, 2.75) is 19.8 Å². The van der Waals surface area contributed by atoms with Crippen LogP contribution in [0.1, 0.15) is 24.5 Å². The molecule has 102 valence electrons. The van der Waals surface area contributed by atoms with E-state index in [9.17, 15) is 0 Å². The highest BCUT2D eigenvalue weighted by Gasteiger charge is 2.07. The van der Waals surface area contributed by atoms with Gasteiger partial charge in [-0.25, -0.2) is 0 Å². The van der Waals surface area contributed by atoms with Gasteiger partial charge in [-0.1, -0.05) is 36.5 Å². The number of halogens is 2. The summed E-state index contributed by atoms with van der Waals surface area (Å²) >= 11 is 11.9. The molecule has 0 radical (unpaired) electrons. The van der Waals surface area contributed by atoms with Gasteiger partial charge in [-0.05, 0) is 48.4 Å². The Bertz CT molecular complexity index is 662. The summed E-state index contributed by atoms with van der Waals surface area (Å²) in [6, 6.07) is 12.7. The van der Waals surface area contributed by atoms with Crippen molar-refractivity contribution in [3.8, 4) is 17.6 Å². The van der Waals surface area contributed by atoms with Gasteiger partial charge in [0, 0.05) is 5.02 Å². The first kappa shape index (κ1) is 14.7. The van der Waals surface area contributed by atoms with Crippen LogP contribution in [0.5, 0.6) is 11.5 Å². The predicted octanol–water partition coefficient (Wildman–Crippen LogP) is 5.61. The molecule has 0 aliphatic rings. The zero-order chi connectivity index (χ0) is 14.5. The van der Waals surface area contributed by atoms with E-state index in [2.05, 4.69) is 13.0 Å². The summed E-state index contributed by atoms with van der Waals surface area (Å²) in [5, 5.41) is 10.1. The Morgan fingerprint density at radius 1 is 1.15 bits per heavy atom. The number of ether oxygens (including phenoxy) is 1. The molecule has 0 saturated carbocycles. The topological polar surface area (TPSA) is 33.0 Å². The Hall–Kier alpha value is -1.69. The summed E-state index contributed by atoms with van der Waals surface area (Å²) in [5.74, 6) is 1.21. The van der Waals surface area contributed by atoms with Crippen LogP contribution in [0, 0.1) is 11.3 Å². The third-order valence-corrected chi connectivity index (χ3v) is 3.37. The summed E-state index contributed by atoms with van der Waals surface area (Å²) in [6.45, 7) is 2.07. The maximum Gasteiger partial charge on any atom is 0.146 e. The molecule has 4 heteroatoms. The fourth-order valence-electron chi connectivity index (χ4n) is 1.90. The Morgan fingerprint density at radius 3 is 2.60 bits per heavy atom. The van der Waals surface area contributed by atoms with Crippen LogP contribution in [0.25, 0.3) is 0 Å². The van der Waals surface area contributed by atoms with Crippen LogP contribution in [-0.4, -0.2) is 0 Å². The van der Waals surface area contributed by atoms with Gasteiger partial charge < -0.3 is 4.74 Å². The number of rotatable bonds is 4. The molecule has 2 rings (SSSR count). The van der Waals surface area contributed by atoms with E-state index >= 15 is 0 Å². The van der Waals surface area contributed by atoms with Gasteiger partial charge in [-0.2, -0.15) is 5.26 Å². The number of nitrogens with zero attached hydrogens (tertiary/aromatic N) is 1. The quantitative estimate of drug-likeness (QED) is 0.735. The van der Waals surface area contributed by atoms with E-state index in [4.69, 9.17) is 33.2 Å². The van der Waals surface area contributed by atoms with Gasteiger partial charge in [0.2, 0.25) is 0 Å². The standard InChI is InChI=1S/C16H13Cl2NO/c1-2-3-11-8-14(6-4-12(11)10-19)20-16-7-5-13(17)9-15(16)18/h4-9H,2-3H2,1H3. The molecule has 0 unspecified atom stereocenters. The third-order valence-electron chi connectivity index (χ3n) is 2.84. The summed E-state index contributed by atoms with van der Waals surface area (Å²) in [6.07, 6.45) is 1.81. The lowest BCUT2D eigenvalue weighted by atomic mass is 10.0. The monoisotopic (exact) mass is 305 g/mol. The van der Waals surface area contributed by atoms with Gasteiger partial charge in [-0.15, -0.1) is 0 Å². The van der Waals surface area contributed by atoms with Gasteiger partial charge in [0.1, 0.15) is 11.5 Å². The van der Waals surface area contributed by atoms with Crippen LogP contribution in [0.4, 0.5) is 0 Å². The summed E-state index contributed by atoms with van der Waals surface area (Å²) in [7, 11) is 0. The molecule has 2 aromatic carbocycles. The summed E-state index contributed by atoms with van der Waals surface area (Å²) < 4.78 is 5.75. The Morgan fingerprint density at radius 2 is 1.95 bits per heavy atom. The van der Waals surface area contributed by atoms with Crippen LogP contribution in [0.3, 0.4) is 0 Å². The van der Waals surface area contributed by atoms with Crippen molar-refractivity contribution >= 4 is 23.2 Å². The molecule has 0 aliphatic carbocycles. The van der Waals surface area contributed by atoms with Crippen molar-refractivity contribution in [2.75, 3.05) is 0 Å². The minimum atomic E-state index is 0.457. The lowest BCUT2D eigenvalue weighted by Gasteiger charge is -2.10. The molecule has 2 nitrogen and oxygen atoms in total. The minimum Gasteiger partial charge on any atom is -0.456 e. The van der Waals surface area contributed by atoms with E-state index in [1.165, 1.54) is 0 Å². The summed E-state index contributed by atoms with van der Waals surface area (Å²) in [4.78, 5) is 0. The third kappa shape index (κ3) is 3.45. The molecule has 2 aromatic rings. The van der Waals surface area contributed by atoms with E-state index in [1.54, 1.807) is 30.3 Å². The maximum absolute atomic E-state index is 9.07. The van der Waals surface area contributed by atoms with Gasteiger partial charge in [0.25, 0.3) is 0 Å². The van der Waals surface area contributed by atoms with E-state index in [1.807, 2.05) is 6.07 Å². The highest BCUT2D eigenvalue weighted by Crippen LogP contribution is 2.32. The molecule has 0 heterocycles. The molecular weight excluding hydrogens is 293 g/mol. The largest absolute Gasteiger partial charge is 0.456 e. The molecule has 0 aromatic heterocycles. The zero-order valence-electron chi connectivity index (χ0n) is 11.0. The van der Waals surface area contributed by atoms with Crippen molar-refractivity contribution in [1.82, 2.24) is 0 Å². The second-order valence-electron chi connectivity index (χ2n) is 4.36. The van der Waals surface area contributed by atoms with Crippen molar-refractivity contribution < 1.29 is 4.74 Å². The lowest BCUT2D eigenvalue weighted by molar-refractivity contribution is 0.482. The predicted molar refractivity (Wildman–Crippen MR) is 81.7 cm³/mol. The number of hydrogen-bond acceptors (Lipinski definition) is 2. The average Bonchev–Trinajstić information content (AvgIpc) is 2.43. The van der Waals surface area contributed by atoms with Gasteiger partial charge >= 0.3 is 0 Å². The van der Waals surface area contributed by atoms with Crippen LogP contribution >= 0.6 is 23.2 Å². The highest BCUT2D eigenvalue weighted by atomic mass is 35.5. The first-order chi connectivity index (χ1) is 9.63. The number of nitriles is 1. The van der Waals surface area contributed by atoms with Crippen LogP contribution in [0.15, 0.2) is 36.4 Å². The number of benzene rings is 2. The molecule has 20 heavy (non-hydrogen) atoms. The molecule has 0 spiro atoms. The summed E-state index contributed by atoms with van der Waals surface area (Å²) in [5.41, 5.74) is 1.67. The molecule has 0 atom stereocenters. The van der Waals surface area contributed by atoms with Crippen molar-refractivity contribution in [1.29, 1.82) is 5.26 Å². The van der Waals surface area contributed by atoms with E-state index in [0.29, 0.717) is 27.1 Å². The molecule has 0 amide bonds. The fraction of sp³-hybridized carbons (Fsp3) is 0.188. The molecule has 0 aliphatic heterocycles. The maximum atomic E-state index is 9.07. The normalized spacial score (nSPS) is 10.1. The van der Waals surface area contributed by atoms with E-state index < -0.39 is 0 Å². The van der Waals surface area contributed by atoms with E-state index in [-0.39, 0.29) is 0 Å². The molecule has 0 fully saturated rings. The number of hydrogen-bond donors (Lipinski definition) is 0. The molecular formula is C16H13Cl2NO. The minimum absolute atomic E-state index is 0.457.